The van der Waals surface area contributed by atoms with Crippen LogP contribution in [-0.4, -0.2) is 13.1 Å². The van der Waals surface area contributed by atoms with Gasteiger partial charge in [-0.2, -0.15) is 0 Å². The van der Waals surface area contributed by atoms with E-state index in [0.717, 1.165) is 11.1 Å². The highest BCUT2D eigenvalue weighted by atomic mass is 35.5. The molecule has 0 fully saturated rings. The van der Waals surface area contributed by atoms with Crippen LogP contribution in [0.3, 0.4) is 0 Å². The largest absolute Gasteiger partial charge is 0.465 e. The van der Waals surface area contributed by atoms with Crippen LogP contribution >= 0.6 is 11.6 Å². The van der Waals surface area contributed by atoms with Gasteiger partial charge in [0.2, 0.25) is 0 Å². The topological polar surface area (TPSA) is 26.3 Å². The molecule has 0 N–H and O–H groups in total. The van der Waals surface area contributed by atoms with E-state index in [9.17, 15) is 4.79 Å². The molecular formula is C12H13ClO2. The Hall–Kier alpha value is -1.28. The maximum Gasteiger partial charge on any atom is 0.338 e. The fourth-order valence-corrected chi connectivity index (χ4v) is 1.63. The Morgan fingerprint density at radius 3 is 2.67 bits per heavy atom. The Morgan fingerprint density at radius 1 is 1.47 bits per heavy atom. The van der Waals surface area contributed by atoms with Crippen molar-refractivity contribution in [3.8, 4) is 0 Å². The van der Waals surface area contributed by atoms with Crippen molar-refractivity contribution < 1.29 is 9.53 Å². The van der Waals surface area contributed by atoms with Gasteiger partial charge in [-0.25, -0.2) is 4.79 Å². The molecule has 0 aliphatic heterocycles. The summed E-state index contributed by atoms with van der Waals surface area (Å²) in [7, 11) is 1.37. The monoisotopic (exact) mass is 224 g/mol. The van der Waals surface area contributed by atoms with Crippen LogP contribution < -0.4 is 0 Å². The van der Waals surface area contributed by atoms with Gasteiger partial charge in [0.25, 0.3) is 0 Å². The highest BCUT2D eigenvalue weighted by Crippen LogP contribution is 2.21. The van der Waals surface area contributed by atoms with Crippen LogP contribution in [0.15, 0.2) is 30.3 Å². The van der Waals surface area contributed by atoms with Crippen LogP contribution in [0.4, 0.5) is 0 Å². The number of carbonyl (C=O) groups is 1. The van der Waals surface area contributed by atoms with Gasteiger partial charge >= 0.3 is 5.97 Å². The van der Waals surface area contributed by atoms with Crippen LogP contribution in [0.1, 0.15) is 18.1 Å². The maximum absolute atomic E-state index is 11.5. The van der Waals surface area contributed by atoms with Gasteiger partial charge in [0.15, 0.2) is 0 Å². The Labute approximate surface area is 94.5 Å². The van der Waals surface area contributed by atoms with Gasteiger partial charge in [-0.1, -0.05) is 30.3 Å². The number of esters is 1. The molecule has 0 atom stereocenters. The molecule has 1 aromatic carbocycles. The lowest BCUT2D eigenvalue weighted by Gasteiger charge is -2.08. The van der Waals surface area contributed by atoms with Gasteiger partial charge in [0, 0.05) is 5.88 Å². The van der Waals surface area contributed by atoms with Crippen LogP contribution in [0, 0.1) is 0 Å². The highest BCUT2D eigenvalue weighted by Gasteiger charge is 2.13. The maximum atomic E-state index is 11.5. The number of hydrogen-bond donors (Lipinski definition) is 0. The summed E-state index contributed by atoms with van der Waals surface area (Å²) in [4.78, 5) is 11.5. The molecule has 3 heteroatoms. The molecule has 0 aliphatic rings. The van der Waals surface area contributed by atoms with Gasteiger partial charge in [-0.3, -0.25) is 0 Å². The number of alkyl halides is 1. The first-order valence-electron chi connectivity index (χ1n) is 4.63. The average molecular weight is 225 g/mol. The predicted octanol–water partition coefficient (Wildman–Crippen LogP) is 3.00. The van der Waals surface area contributed by atoms with Gasteiger partial charge in [-0.15, -0.1) is 11.6 Å². The summed E-state index contributed by atoms with van der Waals surface area (Å²) in [6.07, 6.45) is 1.73. The van der Waals surface area contributed by atoms with E-state index in [2.05, 4.69) is 0 Å². The van der Waals surface area contributed by atoms with E-state index in [-0.39, 0.29) is 5.97 Å². The molecule has 0 radical (unpaired) electrons. The Bertz CT molecular complexity index is 383. The first-order valence-corrected chi connectivity index (χ1v) is 5.17. The molecule has 0 heterocycles. The van der Waals surface area contributed by atoms with E-state index in [1.807, 2.05) is 24.3 Å². The Balaban J connectivity index is 3.18. The predicted molar refractivity (Wildman–Crippen MR) is 61.7 cm³/mol. The normalized spacial score (nSPS) is 11.3. The lowest BCUT2D eigenvalue weighted by Crippen LogP contribution is -2.05. The van der Waals surface area contributed by atoms with Crippen molar-refractivity contribution >= 4 is 23.1 Å². The van der Waals surface area contributed by atoms with Gasteiger partial charge in [0.1, 0.15) is 0 Å². The zero-order valence-corrected chi connectivity index (χ0v) is 9.54. The third-order valence-electron chi connectivity index (χ3n) is 2.15. The number of rotatable bonds is 3. The van der Waals surface area contributed by atoms with E-state index in [1.54, 1.807) is 13.0 Å². The van der Waals surface area contributed by atoms with Gasteiger partial charge in [-0.05, 0) is 18.1 Å². The molecule has 0 bridgehead atoms. The summed E-state index contributed by atoms with van der Waals surface area (Å²) in [6.45, 7) is 1.80. The minimum absolute atomic E-state index is 0.338. The quantitative estimate of drug-likeness (QED) is 0.448. The van der Waals surface area contributed by atoms with Crippen molar-refractivity contribution in [2.45, 2.75) is 12.8 Å². The zero-order chi connectivity index (χ0) is 11.3. The molecule has 0 saturated heterocycles. The molecule has 0 amide bonds. The molecule has 15 heavy (non-hydrogen) atoms. The summed E-state index contributed by atoms with van der Waals surface area (Å²) in [6, 6.07) is 7.53. The second-order valence-electron chi connectivity index (χ2n) is 2.98. The third-order valence-corrected chi connectivity index (χ3v) is 2.43. The molecule has 2 nitrogen and oxygen atoms in total. The molecule has 1 aromatic rings. The molecule has 0 aliphatic carbocycles. The van der Waals surface area contributed by atoms with Crippen molar-refractivity contribution in [2.24, 2.45) is 0 Å². The van der Waals surface area contributed by atoms with Crippen LogP contribution in [0.25, 0.3) is 5.57 Å². The first-order chi connectivity index (χ1) is 7.24. The lowest BCUT2D eigenvalue weighted by molar-refractivity contribution is -0.133. The summed E-state index contributed by atoms with van der Waals surface area (Å²) in [5.74, 6) is 0.0416. The number of methoxy groups -OCH3 is 1. The molecule has 1 rings (SSSR count). The van der Waals surface area contributed by atoms with Crippen LogP contribution in [-0.2, 0) is 15.4 Å². The van der Waals surface area contributed by atoms with Gasteiger partial charge < -0.3 is 4.74 Å². The number of hydrogen-bond acceptors (Lipinski definition) is 2. The fourth-order valence-electron chi connectivity index (χ4n) is 1.39. The van der Waals surface area contributed by atoms with E-state index < -0.39 is 0 Å². The summed E-state index contributed by atoms with van der Waals surface area (Å²) in [5, 5.41) is 0. The fraction of sp³-hybridized carbons (Fsp3) is 0.250. The smallest absolute Gasteiger partial charge is 0.338 e. The molecule has 0 spiro atoms. The van der Waals surface area contributed by atoms with Crippen molar-refractivity contribution in [3.63, 3.8) is 0 Å². The Kier molecular flexibility index (Phi) is 4.37. The summed E-state index contributed by atoms with van der Waals surface area (Å²) in [5.41, 5.74) is 2.31. The van der Waals surface area contributed by atoms with E-state index in [1.165, 1.54) is 7.11 Å². The average Bonchev–Trinajstić information content (AvgIpc) is 2.30. The lowest BCUT2D eigenvalue weighted by atomic mass is 10.0. The SMILES string of the molecule is CC=C(C(=O)OC)c1ccccc1CCl. The second kappa shape index (κ2) is 5.56. The van der Waals surface area contributed by atoms with Gasteiger partial charge in [0.05, 0.1) is 12.7 Å². The van der Waals surface area contributed by atoms with E-state index >= 15 is 0 Å². The van der Waals surface area contributed by atoms with Crippen molar-refractivity contribution in [1.29, 1.82) is 0 Å². The number of carbonyl (C=O) groups excluding carboxylic acids is 1. The second-order valence-corrected chi connectivity index (χ2v) is 3.25. The molecular weight excluding hydrogens is 212 g/mol. The van der Waals surface area contributed by atoms with Crippen LogP contribution in [0.5, 0.6) is 0 Å². The number of benzene rings is 1. The molecule has 0 aromatic heterocycles. The molecule has 80 valence electrons. The Morgan fingerprint density at radius 2 is 2.13 bits per heavy atom. The summed E-state index contributed by atoms with van der Waals surface area (Å²) >= 11 is 5.80. The number of allylic oxidation sites excluding steroid dienone is 1. The minimum Gasteiger partial charge on any atom is -0.465 e. The van der Waals surface area contributed by atoms with Crippen molar-refractivity contribution in [2.75, 3.05) is 7.11 Å². The van der Waals surface area contributed by atoms with E-state index in [4.69, 9.17) is 16.3 Å². The number of ether oxygens (including phenoxy) is 1. The van der Waals surface area contributed by atoms with Crippen LogP contribution in [0.2, 0.25) is 0 Å². The van der Waals surface area contributed by atoms with E-state index in [0.29, 0.717) is 11.5 Å². The molecule has 0 unspecified atom stereocenters. The number of halogens is 1. The van der Waals surface area contributed by atoms with Crippen molar-refractivity contribution in [3.05, 3.63) is 41.5 Å². The third kappa shape index (κ3) is 2.60. The van der Waals surface area contributed by atoms with Crippen molar-refractivity contribution in [1.82, 2.24) is 0 Å². The highest BCUT2D eigenvalue weighted by molar-refractivity contribution is 6.20. The minimum atomic E-state index is -0.338. The standard InChI is InChI=1S/C12H13ClO2/c1-3-10(12(14)15-2)11-7-5-4-6-9(11)8-13/h3-7H,8H2,1-2H3. The zero-order valence-electron chi connectivity index (χ0n) is 8.79. The first kappa shape index (κ1) is 11.8. The molecule has 0 saturated carbocycles. The summed E-state index contributed by atoms with van der Waals surface area (Å²) < 4.78 is 4.71.